The minimum atomic E-state index is 0.313. The van der Waals surface area contributed by atoms with E-state index >= 15 is 0 Å². The predicted molar refractivity (Wildman–Crippen MR) is 59.7 cm³/mol. The molecule has 0 saturated carbocycles. The lowest BCUT2D eigenvalue weighted by Gasteiger charge is -2.26. The second-order valence-corrected chi connectivity index (χ2v) is 4.33. The van der Waals surface area contributed by atoms with E-state index in [1.807, 2.05) is 0 Å². The highest BCUT2D eigenvalue weighted by Gasteiger charge is 2.28. The van der Waals surface area contributed by atoms with Crippen molar-refractivity contribution < 1.29 is 0 Å². The van der Waals surface area contributed by atoms with Gasteiger partial charge in [-0.15, -0.1) is 0 Å². The van der Waals surface area contributed by atoms with Crippen molar-refractivity contribution in [3.8, 4) is 12.1 Å². The summed E-state index contributed by atoms with van der Waals surface area (Å²) in [5.74, 6) is 0. The van der Waals surface area contributed by atoms with Gasteiger partial charge in [0.25, 0.3) is 0 Å². The van der Waals surface area contributed by atoms with E-state index in [2.05, 4.69) is 24.3 Å². The number of allylic oxidation sites excluding steroid dienone is 2. The fourth-order valence-electron chi connectivity index (χ4n) is 2.37. The maximum atomic E-state index is 8.53. The molecule has 1 aliphatic rings. The number of rotatable bonds is 6. The standard InChI is InChI=1S/C13H18N2/c14-11-5-3-9-13(7-1-2-8-13)10-4-6-12-15/h1,7H,2-6,8-10H2. The molecule has 1 rings (SSSR count). The van der Waals surface area contributed by atoms with Crippen molar-refractivity contribution >= 4 is 0 Å². The van der Waals surface area contributed by atoms with E-state index in [0.717, 1.165) is 25.7 Å². The average Bonchev–Trinajstić information content (AvgIpc) is 2.68. The Morgan fingerprint density at radius 2 is 1.67 bits per heavy atom. The Labute approximate surface area is 92.2 Å². The number of nitriles is 2. The molecule has 2 heteroatoms. The predicted octanol–water partition coefficient (Wildman–Crippen LogP) is 3.71. The molecule has 0 aromatic carbocycles. The van der Waals surface area contributed by atoms with Gasteiger partial charge >= 0.3 is 0 Å². The summed E-state index contributed by atoms with van der Waals surface area (Å²) < 4.78 is 0. The normalized spacial score (nSPS) is 17.2. The lowest BCUT2D eigenvalue weighted by atomic mass is 9.78. The smallest absolute Gasteiger partial charge is 0.0621 e. The third kappa shape index (κ3) is 3.76. The first-order chi connectivity index (χ1) is 7.33. The molecule has 0 heterocycles. The van der Waals surface area contributed by atoms with Gasteiger partial charge in [-0.3, -0.25) is 0 Å². The van der Waals surface area contributed by atoms with Crippen LogP contribution in [0.5, 0.6) is 0 Å². The summed E-state index contributed by atoms with van der Waals surface area (Å²) in [6.45, 7) is 0. The Kier molecular flexibility index (Phi) is 4.91. The summed E-state index contributed by atoms with van der Waals surface area (Å²) in [7, 11) is 0. The SMILES string of the molecule is N#CCCCC1(CCCC#N)C=CCC1. The van der Waals surface area contributed by atoms with Gasteiger partial charge in [0.1, 0.15) is 0 Å². The van der Waals surface area contributed by atoms with Gasteiger partial charge in [0.05, 0.1) is 12.1 Å². The molecule has 0 saturated heterocycles. The van der Waals surface area contributed by atoms with Gasteiger partial charge in [0, 0.05) is 12.8 Å². The van der Waals surface area contributed by atoms with E-state index in [9.17, 15) is 0 Å². The Morgan fingerprint density at radius 1 is 1.07 bits per heavy atom. The topological polar surface area (TPSA) is 47.6 Å². The van der Waals surface area contributed by atoms with Crippen molar-refractivity contribution in [3.05, 3.63) is 12.2 Å². The van der Waals surface area contributed by atoms with E-state index < -0.39 is 0 Å². The first-order valence-corrected chi connectivity index (χ1v) is 5.75. The number of unbranched alkanes of at least 4 members (excludes halogenated alkanes) is 2. The first kappa shape index (κ1) is 11.8. The van der Waals surface area contributed by atoms with Crippen LogP contribution in [0.4, 0.5) is 0 Å². The van der Waals surface area contributed by atoms with Gasteiger partial charge in [0.2, 0.25) is 0 Å². The number of hydrogen-bond acceptors (Lipinski definition) is 2. The van der Waals surface area contributed by atoms with Crippen LogP contribution in [-0.2, 0) is 0 Å². The molecular weight excluding hydrogens is 184 g/mol. The molecule has 0 spiro atoms. The van der Waals surface area contributed by atoms with Gasteiger partial charge in [-0.1, -0.05) is 12.2 Å². The van der Waals surface area contributed by atoms with Crippen LogP contribution in [0.1, 0.15) is 51.4 Å². The molecule has 80 valence electrons. The second-order valence-electron chi connectivity index (χ2n) is 4.33. The zero-order chi connectivity index (χ0) is 11.0. The van der Waals surface area contributed by atoms with E-state index in [-0.39, 0.29) is 0 Å². The lowest BCUT2D eigenvalue weighted by molar-refractivity contribution is 0.303. The Hall–Kier alpha value is -1.28. The van der Waals surface area contributed by atoms with Crippen molar-refractivity contribution in [1.29, 1.82) is 10.5 Å². The van der Waals surface area contributed by atoms with Crippen LogP contribution >= 0.6 is 0 Å². The second kappa shape index (κ2) is 6.25. The largest absolute Gasteiger partial charge is 0.198 e. The summed E-state index contributed by atoms with van der Waals surface area (Å²) >= 11 is 0. The van der Waals surface area contributed by atoms with Crippen LogP contribution in [-0.4, -0.2) is 0 Å². The monoisotopic (exact) mass is 202 g/mol. The maximum absolute atomic E-state index is 8.53. The van der Waals surface area contributed by atoms with Crippen LogP contribution < -0.4 is 0 Å². The van der Waals surface area contributed by atoms with Crippen molar-refractivity contribution in [2.75, 3.05) is 0 Å². The Morgan fingerprint density at radius 3 is 2.07 bits per heavy atom. The molecule has 0 fully saturated rings. The molecule has 0 aromatic rings. The Bertz CT molecular complexity index is 271. The van der Waals surface area contributed by atoms with Gasteiger partial charge in [-0.05, 0) is 43.9 Å². The van der Waals surface area contributed by atoms with Crippen LogP contribution in [0, 0.1) is 28.1 Å². The van der Waals surface area contributed by atoms with E-state index in [4.69, 9.17) is 10.5 Å². The molecule has 0 bridgehead atoms. The summed E-state index contributed by atoms with van der Waals surface area (Å²) in [5.41, 5.74) is 0.313. The molecule has 0 radical (unpaired) electrons. The van der Waals surface area contributed by atoms with E-state index in [1.165, 1.54) is 12.8 Å². The maximum Gasteiger partial charge on any atom is 0.0621 e. The molecule has 0 N–H and O–H groups in total. The van der Waals surface area contributed by atoms with E-state index in [0.29, 0.717) is 18.3 Å². The average molecular weight is 202 g/mol. The third-order valence-electron chi connectivity index (χ3n) is 3.21. The zero-order valence-electron chi connectivity index (χ0n) is 9.21. The highest BCUT2D eigenvalue weighted by Crippen LogP contribution is 2.41. The van der Waals surface area contributed by atoms with Gasteiger partial charge in [0.15, 0.2) is 0 Å². The molecule has 0 atom stereocenters. The molecule has 2 nitrogen and oxygen atoms in total. The van der Waals surface area contributed by atoms with E-state index in [1.54, 1.807) is 0 Å². The summed E-state index contributed by atoms with van der Waals surface area (Å²) in [4.78, 5) is 0. The van der Waals surface area contributed by atoms with Crippen molar-refractivity contribution in [2.24, 2.45) is 5.41 Å². The minimum absolute atomic E-state index is 0.313. The highest BCUT2D eigenvalue weighted by atomic mass is 14.3. The van der Waals surface area contributed by atoms with Crippen molar-refractivity contribution in [3.63, 3.8) is 0 Å². The van der Waals surface area contributed by atoms with Crippen LogP contribution in [0.3, 0.4) is 0 Å². The van der Waals surface area contributed by atoms with Crippen LogP contribution in [0.25, 0.3) is 0 Å². The summed E-state index contributed by atoms with van der Waals surface area (Å²) in [6, 6.07) is 4.40. The third-order valence-corrected chi connectivity index (χ3v) is 3.21. The number of nitrogens with zero attached hydrogens (tertiary/aromatic N) is 2. The molecule has 0 amide bonds. The highest BCUT2D eigenvalue weighted by molar-refractivity contribution is 5.06. The van der Waals surface area contributed by atoms with Crippen molar-refractivity contribution in [2.45, 2.75) is 51.4 Å². The first-order valence-electron chi connectivity index (χ1n) is 5.75. The van der Waals surface area contributed by atoms with Gasteiger partial charge < -0.3 is 0 Å². The molecule has 1 aliphatic carbocycles. The van der Waals surface area contributed by atoms with Crippen LogP contribution in [0.15, 0.2) is 12.2 Å². The molecule has 0 aliphatic heterocycles. The fourth-order valence-corrected chi connectivity index (χ4v) is 2.37. The fraction of sp³-hybridized carbons (Fsp3) is 0.692. The quantitative estimate of drug-likeness (QED) is 0.487. The molecule has 0 aromatic heterocycles. The van der Waals surface area contributed by atoms with Gasteiger partial charge in [-0.2, -0.15) is 10.5 Å². The zero-order valence-corrected chi connectivity index (χ0v) is 9.21. The van der Waals surface area contributed by atoms with Crippen LogP contribution in [0.2, 0.25) is 0 Å². The minimum Gasteiger partial charge on any atom is -0.198 e. The lowest BCUT2D eigenvalue weighted by Crippen LogP contribution is -2.14. The summed E-state index contributed by atoms with van der Waals surface area (Å²) in [5, 5.41) is 17.1. The molecule has 15 heavy (non-hydrogen) atoms. The summed E-state index contributed by atoms with van der Waals surface area (Å²) in [6.07, 6.45) is 12.5. The Balaban J connectivity index is 2.38. The van der Waals surface area contributed by atoms with Crippen molar-refractivity contribution in [1.82, 2.24) is 0 Å². The number of hydrogen-bond donors (Lipinski definition) is 0. The molecular formula is C13H18N2. The van der Waals surface area contributed by atoms with Gasteiger partial charge in [-0.25, -0.2) is 0 Å². The molecule has 0 unspecified atom stereocenters.